The van der Waals surface area contributed by atoms with E-state index in [1.807, 2.05) is 34.7 Å². The van der Waals surface area contributed by atoms with Crippen molar-refractivity contribution in [2.45, 2.75) is 77.9 Å². The van der Waals surface area contributed by atoms with E-state index in [9.17, 15) is 9.90 Å². The highest BCUT2D eigenvalue weighted by molar-refractivity contribution is 5.66. The first-order chi connectivity index (χ1) is 9.18. The third-order valence-corrected chi connectivity index (χ3v) is 4.76. The maximum absolute atomic E-state index is 11.6. The first-order valence-electron chi connectivity index (χ1n) is 7.88. The molecule has 2 unspecified atom stereocenters. The second kappa shape index (κ2) is 6.79. The van der Waals surface area contributed by atoms with Crippen LogP contribution in [0.5, 0.6) is 0 Å². The van der Waals surface area contributed by atoms with Crippen LogP contribution in [0.15, 0.2) is 0 Å². The number of likely N-dealkylation sites (N-methyl/N-ethyl adjacent to an activating group) is 1. The van der Waals surface area contributed by atoms with Crippen molar-refractivity contribution in [2.75, 3.05) is 7.05 Å². The van der Waals surface area contributed by atoms with Crippen LogP contribution in [0, 0.1) is 11.8 Å². The van der Waals surface area contributed by atoms with Crippen LogP contribution in [0.2, 0.25) is 0 Å². The Kier molecular flexibility index (Phi) is 5.87. The molecule has 2 N–H and O–H groups in total. The molecule has 20 heavy (non-hydrogen) atoms. The normalized spacial score (nSPS) is 26.9. The Morgan fingerprint density at radius 1 is 1.25 bits per heavy atom. The first kappa shape index (κ1) is 17.3. The second-order valence-corrected chi connectivity index (χ2v) is 7.40. The molecule has 0 radical (unpaired) electrons. The molecule has 2 atom stereocenters. The lowest BCUT2D eigenvalue weighted by Gasteiger charge is -2.44. The van der Waals surface area contributed by atoms with Crippen molar-refractivity contribution >= 4 is 6.09 Å². The molecule has 1 aliphatic carbocycles. The van der Waals surface area contributed by atoms with Crippen LogP contribution in [-0.4, -0.2) is 40.8 Å². The molecular formula is C16H32N2O2. The summed E-state index contributed by atoms with van der Waals surface area (Å²) in [6, 6.07) is 0.216. The fourth-order valence-corrected chi connectivity index (χ4v) is 3.75. The van der Waals surface area contributed by atoms with E-state index in [1.54, 1.807) is 4.90 Å². The summed E-state index contributed by atoms with van der Waals surface area (Å²) in [6.45, 7) is 10.2. The summed E-state index contributed by atoms with van der Waals surface area (Å²) in [6.07, 6.45) is 4.11. The predicted molar refractivity (Wildman–Crippen MR) is 83.0 cm³/mol. The second-order valence-electron chi connectivity index (χ2n) is 7.40. The summed E-state index contributed by atoms with van der Waals surface area (Å²) >= 11 is 0. The third kappa shape index (κ3) is 4.11. The minimum absolute atomic E-state index is 0.0177. The Morgan fingerprint density at radius 2 is 1.75 bits per heavy atom. The molecule has 1 rings (SSSR count). The van der Waals surface area contributed by atoms with Crippen LogP contribution in [0.3, 0.4) is 0 Å². The fraction of sp³-hybridized carbons (Fsp3) is 0.938. The number of rotatable bonds is 4. The number of carbonyl (C=O) groups is 1. The number of amides is 1. The molecule has 1 aliphatic rings. The summed E-state index contributed by atoms with van der Waals surface area (Å²) in [4.78, 5) is 13.2. The number of nitrogens with zero attached hydrogens (tertiary/aromatic N) is 1. The van der Waals surface area contributed by atoms with Crippen LogP contribution < -0.4 is 5.32 Å². The SMILES string of the molecule is CNC(C1CCC(C)CC1)C(C)N(C(=O)O)C(C)(C)C. The van der Waals surface area contributed by atoms with E-state index in [4.69, 9.17) is 0 Å². The van der Waals surface area contributed by atoms with E-state index >= 15 is 0 Å². The van der Waals surface area contributed by atoms with Crippen molar-refractivity contribution < 1.29 is 9.90 Å². The summed E-state index contributed by atoms with van der Waals surface area (Å²) in [5, 5.41) is 13.0. The lowest BCUT2D eigenvalue weighted by molar-refractivity contribution is 0.0481. The lowest BCUT2D eigenvalue weighted by atomic mass is 9.77. The molecule has 1 amide bonds. The fourth-order valence-electron chi connectivity index (χ4n) is 3.75. The van der Waals surface area contributed by atoms with E-state index in [-0.39, 0.29) is 17.6 Å². The van der Waals surface area contributed by atoms with Crippen LogP contribution in [-0.2, 0) is 0 Å². The number of carboxylic acid groups (broad SMARTS) is 1. The van der Waals surface area contributed by atoms with Gasteiger partial charge >= 0.3 is 6.09 Å². The van der Waals surface area contributed by atoms with Crippen LogP contribution in [0.4, 0.5) is 4.79 Å². The molecule has 0 heterocycles. The van der Waals surface area contributed by atoms with E-state index in [2.05, 4.69) is 12.2 Å². The summed E-state index contributed by atoms with van der Waals surface area (Å²) in [7, 11) is 1.96. The average molecular weight is 284 g/mol. The molecule has 4 nitrogen and oxygen atoms in total. The Morgan fingerprint density at radius 3 is 2.10 bits per heavy atom. The first-order valence-corrected chi connectivity index (χ1v) is 7.88. The van der Waals surface area contributed by atoms with Crippen molar-refractivity contribution in [2.24, 2.45) is 11.8 Å². The highest BCUT2D eigenvalue weighted by Gasteiger charge is 2.38. The highest BCUT2D eigenvalue weighted by atomic mass is 16.4. The maximum atomic E-state index is 11.6. The standard InChI is InChI=1S/C16H32N2O2/c1-11-7-9-13(10-8-11)14(17-6)12(2)18(15(19)20)16(3,4)5/h11-14,17H,7-10H2,1-6H3,(H,19,20). The molecule has 4 heteroatoms. The Balaban J connectivity index is 2.84. The summed E-state index contributed by atoms with van der Waals surface area (Å²) < 4.78 is 0. The highest BCUT2D eigenvalue weighted by Crippen LogP contribution is 2.33. The minimum Gasteiger partial charge on any atom is -0.465 e. The average Bonchev–Trinajstić information content (AvgIpc) is 2.30. The maximum Gasteiger partial charge on any atom is 0.408 e. The summed E-state index contributed by atoms with van der Waals surface area (Å²) in [5.41, 5.74) is -0.373. The zero-order chi connectivity index (χ0) is 15.5. The third-order valence-electron chi connectivity index (χ3n) is 4.76. The van der Waals surface area contributed by atoms with Gasteiger partial charge in [-0.05, 0) is 59.4 Å². The van der Waals surface area contributed by atoms with E-state index in [0.29, 0.717) is 5.92 Å². The van der Waals surface area contributed by atoms with Gasteiger partial charge in [-0.3, -0.25) is 4.90 Å². The zero-order valence-electron chi connectivity index (χ0n) is 13.9. The van der Waals surface area contributed by atoms with Gasteiger partial charge in [-0.25, -0.2) is 4.79 Å². The monoisotopic (exact) mass is 284 g/mol. The zero-order valence-corrected chi connectivity index (χ0v) is 13.9. The van der Waals surface area contributed by atoms with Gasteiger partial charge in [-0.2, -0.15) is 0 Å². The predicted octanol–water partition coefficient (Wildman–Crippen LogP) is 3.57. The van der Waals surface area contributed by atoms with Crippen LogP contribution in [0.25, 0.3) is 0 Å². The molecule has 0 bridgehead atoms. The summed E-state index contributed by atoms with van der Waals surface area (Å²) in [5.74, 6) is 1.40. The van der Waals surface area contributed by atoms with Crippen molar-refractivity contribution in [1.82, 2.24) is 10.2 Å². The molecule has 1 fully saturated rings. The molecule has 0 aromatic heterocycles. The van der Waals surface area contributed by atoms with Crippen molar-refractivity contribution in [1.29, 1.82) is 0 Å². The van der Waals surface area contributed by atoms with E-state index in [0.717, 1.165) is 5.92 Å². The molecular weight excluding hydrogens is 252 g/mol. The molecule has 0 aliphatic heterocycles. The lowest BCUT2D eigenvalue weighted by Crippen LogP contribution is -2.59. The van der Waals surface area contributed by atoms with Gasteiger partial charge in [-0.1, -0.05) is 19.8 Å². The van der Waals surface area contributed by atoms with Gasteiger partial charge in [0.1, 0.15) is 0 Å². The van der Waals surface area contributed by atoms with Gasteiger partial charge in [0, 0.05) is 17.6 Å². The van der Waals surface area contributed by atoms with E-state index < -0.39 is 6.09 Å². The van der Waals surface area contributed by atoms with Crippen molar-refractivity contribution in [3.63, 3.8) is 0 Å². The largest absolute Gasteiger partial charge is 0.465 e. The van der Waals surface area contributed by atoms with Crippen molar-refractivity contribution in [3.8, 4) is 0 Å². The van der Waals surface area contributed by atoms with Gasteiger partial charge in [0.15, 0.2) is 0 Å². The Labute approximate surface area is 123 Å². The topological polar surface area (TPSA) is 52.6 Å². The minimum atomic E-state index is -0.825. The molecule has 0 aromatic carbocycles. The van der Waals surface area contributed by atoms with Gasteiger partial charge in [0.25, 0.3) is 0 Å². The number of hydrogen-bond donors (Lipinski definition) is 2. The van der Waals surface area contributed by atoms with Gasteiger partial charge < -0.3 is 10.4 Å². The number of nitrogens with one attached hydrogen (secondary N) is 1. The van der Waals surface area contributed by atoms with Crippen LogP contribution in [0.1, 0.15) is 60.3 Å². The van der Waals surface area contributed by atoms with Gasteiger partial charge in [-0.15, -0.1) is 0 Å². The molecule has 0 saturated heterocycles. The quantitative estimate of drug-likeness (QED) is 0.830. The molecule has 1 saturated carbocycles. The molecule has 0 spiro atoms. The Bertz CT molecular complexity index is 317. The van der Waals surface area contributed by atoms with Crippen LogP contribution >= 0.6 is 0 Å². The molecule has 0 aromatic rings. The van der Waals surface area contributed by atoms with Gasteiger partial charge in [0.2, 0.25) is 0 Å². The smallest absolute Gasteiger partial charge is 0.408 e. The van der Waals surface area contributed by atoms with E-state index in [1.165, 1.54) is 25.7 Å². The number of hydrogen-bond acceptors (Lipinski definition) is 2. The Hall–Kier alpha value is -0.770. The molecule has 118 valence electrons. The van der Waals surface area contributed by atoms with Gasteiger partial charge in [0.05, 0.1) is 0 Å². The van der Waals surface area contributed by atoms with Crippen molar-refractivity contribution in [3.05, 3.63) is 0 Å².